The molecule has 6 heteroatoms. The molecule has 0 aliphatic rings. The van der Waals surface area contributed by atoms with Crippen molar-refractivity contribution in [2.24, 2.45) is 0 Å². The lowest BCUT2D eigenvalue weighted by molar-refractivity contribution is 0.476. The third kappa shape index (κ3) is 6.56. The molecule has 0 aromatic heterocycles. The molecule has 0 amide bonds. The molecule has 0 fully saturated rings. The van der Waals surface area contributed by atoms with Crippen molar-refractivity contribution in [1.29, 1.82) is 0 Å². The van der Waals surface area contributed by atoms with Gasteiger partial charge >= 0.3 is 0 Å². The van der Waals surface area contributed by atoms with Crippen LogP contribution in [-0.2, 0) is 0 Å². The summed E-state index contributed by atoms with van der Waals surface area (Å²) >= 11 is 0. The molecule has 0 saturated heterocycles. The highest BCUT2D eigenvalue weighted by molar-refractivity contribution is 6.28. The van der Waals surface area contributed by atoms with Crippen molar-refractivity contribution in [1.82, 2.24) is 0 Å². The van der Waals surface area contributed by atoms with Crippen molar-refractivity contribution in [2.45, 2.75) is 0 Å². The molecule has 58 heavy (non-hydrogen) atoms. The zero-order valence-electron chi connectivity index (χ0n) is 31.1. The molecule has 4 nitrogen and oxygen atoms in total. The van der Waals surface area contributed by atoms with Crippen molar-refractivity contribution in [3.05, 3.63) is 218 Å². The lowest BCUT2D eigenvalue weighted by Crippen LogP contribution is -2.11. The fraction of sp³-hybridized carbons (Fsp3) is 0. The van der Waals surface area contributed by atoms with Crippen molar-refractivity contribution in [3.8, 4) is 23.0 Å². The van der Waals surface area contributed by atoms with E-state index in [-0.39, 0.29) is 11.6 Å². The van der Waals surface area contributed by atoms with Crippen LogP contribution in [0.3, 0.4) is 0 Å². The Morgan fingerprint density at radius 2 is 0.672 bits per heavy atom. The quantitative estimate of drug-likeness (QED) is 0.130. The average Bonchev–Trinajstić information content (AvgIpc) is 3.25. The summed E-state index contributed by atoms with van der Waals surface area (Å²) in [6, 6.07) is 66.2. The summed E-state index contributed by atoms with van der Waals surface area (Å²) in [5, 5.41) is 6.73. The molecule has 10 rings (SSSR count). The smallest absolute Gasteiger partial charge is 0.130 e. The lowest BCUT2D eigenvalue weighted by atomic mass is 9.91. The molecule has 0 bridgehead atoms. The maximum atomic E-state index is 14.1. The first-order valence-electron chi connectivity index (χ1n) is 19.0. The second-order valence-corrected chi connectivity index (χ2v) is 14.0. The third-order valence-electron chi connectivity index (χ3n) is 10.3. The van der Waals surface area contributed by atoms with Gasteiger partial charge in [0.1, 0.15) is 34.6 Å². The third-order valence-corrected chi connectivity index (χ3v) is 10.3. The molecular formula is C52H34F2N2O2. The zero-order valence-corrected chi connectivity index (χ0v) is 31.1. The highest BCUT2D eigenvalue weighted by Gasteiger charge is 2.22. The van der Waals surface area contributed by atoms with E-state index in [1.165, 1.54) is 24.3 Å². The summed E-state index contributed by atoms with van der Waals surface area (Å²) in [5.41, 5.74) is 5.76. The predicted octanol–water partition coefficient (Wildman–Crippen LogP) is 15.4. The van der Waals surface area contributed by atoms with E-state index in [9.17, 15) is 8.78 Å². The predicted molar refractivity (Wildman–Crippen MR) is 232 cm³/mol. The van der Waals surface area contributed by atoms with Gasteiger partial charge in [0.2, 0.25) is 0 Å². The Morgan fingerprint density at radius 1 is 0.310 bits per heavy atom. The molecule has 10 aromatic rings. The maximum Gasteiger partial charge on any atom is 0.130 e. The minimum atomic E-state index is -0.355. The fourth-order valence-electron chi connectivity index (χ4n) is 7.87. The first-order chi connectivity index (χ1) is 28.6. The number of para-hydroxylation sites is 2. The van der Waals surface area contributed by atoms with Crippen LogP contribution in [0.4, 0.5) is 42.9 Å². The topological polar surface area (TPSA) is 24.9 Å². The molecule has 0 aliphatic carbocycles. The maximum absolute atomic E-state index is 14.1. The van der Waals surface area contributed by atoms with Crippen molar-refractivity contribution < 1.29 is 18.3 Å². The van der Waals surface area contributed by atoms with Crippen LogP contribution in [0, 0.1) is 11.6 Å². The van der Waals surface area contributed by atoms with Gasteiger partial charge in [0.05, 0.1) is 11.4 Å². The van der Waals surface area contributed by atoms with E-state index >= 15 is 0 Å². The van der Waals surface area contributed by atoms with E-state index in [4.69, 9.17) is 9.47 Å². The van der Waals surface area contributed by atoms with Gasteiger partial charge in [-0.2, -0.15) is 0 Å². The van der Waals surface area contributed by atoms with Gasteiger partial charge in [-0.1, -0.05) is 97.1 Å². The summed E-state index contributed by atoms with van der Waals surface area (Å²) in [4.78, 5) is 4.48. The van der Waals surface area contributed by atoms with Crippen LogP contribution in [0.25, 0.3) is 32.3 Å². The van der Waals surface area contributed by atoms with E-state index in [1.54, 1.807) is 24.3 Å². The Labute approximate surface area is 334 Å². The molecule has 0 atom stereocenters. The van der Waals surface area contributed by atoms with Crippen LogP contribution in [0.2, 0.25) is 0 Å². The van der Waals surface area contributed by atoms with Crippen molar-refractivity contribution >= 4 is 66.4 Å². The Hall–Kier alpha value is -7.70. The number of anilines is 6. The van der Waals surface area contributed by atoms with Gasteiger partial charge in [-0.25, -0.2) is 8.78 Å². The normalized spacial score (nSPS) is 11.3. The van der Waals surface area contributed by atoms with Crippen molar-refractivity contribution in [3.63, 3.8) is 0 Å². The minimum absolute atomic E-state index is 0.355. The van der Waals surface area contributed by atoms with Crippen LogP contribution in [0.5, 0.6) is 23.0 Å². The minimum Gasteiger partial charge on any atom is -0.457 e. The molecule has 0 heterocycles. The number of nitrogens with zero attached hydrogens (tertiary/aromatic N) is 2. The first kappa shape index (κ1) is 34.8. The number of rotatable bonds is 10. The van der Waals surface area contributed by atoms with Crippen LogP contribution in [0.15, 0.2) is 206 Å². The van der Waals surface area contributed by atoms with Crippen LogP contribution in [0.1, 0.15) is 0 Å². The van der Waals surface area contributed by atoms with Gasteiger partial charge in [0.15, 0.2) is 0 Å². The second-order valence-electron chi connectivity index (χ2n) is 14.0. The number of ether oxygens (including phenoxy) is 2. The molecule has 10 aromatic carbocycles. The Bertz CT molecular complexity index is 2860. The molecular weight excluding hydrogens is 723 g/mol. The summed E-state index contributed by atoms with van der Waals surface area (Å²) in [7, 11) is 0. The number of hydrogen-bond acceptors (Lipinski definition) is 4. The summed E-state index contributed by atoms with van der Waals surface area (Å²) in [5.74, 6) is 1.34. The highest BCUT2D eigenvalue weighted by Crippen LogP contribution is 2.48. The largest absolute Gasteiger partial charge is 0.457 e. The van der Waals surface area contributed by atoms with Crippen LogP contribution < -0.4 is 19.3 Å². The van der Waals surface area contributed by atoms with Gasteiger partial charge in [-0.05, 0) is 106 Å². The number of hydrogen-bond donors (Lipinski definition) is 0. The SMILES string of the molecule is Fc1cccc(Oc2cccc(N(c3ccccc3)c3ccc4ccc5c(N(c6ccccc6)c6cccc(Oc7cccc(F)c7)c6)ccc6ccc3c4c65)c2)c1. The molecule has 278 valence electrons. The molecule has 0 spiro atoms. The standard InChI is InChI=1S/C52H34F2N2O2/c53-37-11-7-19-43(31-37)57-45-21-9-17-41(33-45)55(39-13-3-1-4-14-39)49-29-25-35-24-28-48-50(30-26-36-23-27-47(49)51(35)52(36)48)56(40-15-5-2-6-16-40)42-18-10-22-46(34-42)58-44-20-8-12-38(54)32-44/h1-34H. The number of benzene rings is 10. The fourth-order valence-corrected chi connectivity index (χ4v) is 7.87. The second kappa shape index (κ2) is 14.8. The van der Waals surface area contributed by atoms with Crippen molar-refractivity contribution in [2.75, 3.05) is 9.80 Å². The Kier molecular flexibility index (Phi) is 8.84. The molecule has 0 N–H and O–H groups in total. The zero-order chi connectivity index (χ0) is 39.0. The van der Waals surface area contributed by atoms with E-state index in [0.717, 1.165) is 66.4 Å². The van der Waals surface area contributed by atoms with Gasteiger partial charge in [-0.3, -0.25) is 0 Å². The van der Waals surface area contributed by atoms with Gasteiger partial charge in [0.25, 0.3) is 0 Å². The van der Waals surface area contributed by atoms with Gasteiger partial charge in [-0.15, -0.1) is 0 Å². The molecule has 0 radical (unpaired) electrons. The highest BCUT2D eigenvalue weighted by atomic mass is 19.1. The van der Waals surface area contributed by atoms with E-state index in [2.05, 4.69) is 94.7 Å². The lowest BCUT2D eigenvalue weighted by Gasteiger charge is -2.29. The summed E-state index contributed by atoms with van der Waals surface area (Å²) in [6.45, 7) is 0. The van der Waals surface area contributed by atoms with E-state index < -0.39 is 0 Å². The van der Waals surface area contributed by atoms with E-state index in [1.807, 2.05) is 72.8 Å². The number of halogens is 2. The van der Waals surface area contributed by atoms with Crippen LogP contribution >= 0.6 is 0 Å². The first-order valence-corrected chi connectivity index (χ1v) is 19.0. The Balaban J connectivity index is 1.14. The van der Waals surface area contributed by atoms with Gasteiger partial charge < -0.3 is 19.3 Å². The summed E-state index contributed by atoms with van der Waals surface area (Å²) in [6.07, 6.45) is 0. The summed E-state index contributed by atoms with van der Waals surface area (Å²) < 4.78 is 40.5. The van der Waals surface area contributed by atoms with E-state index in [0.29, 0.717) is 23.0 Å². The molecule has 0 aliphatic heterocycles. The molecule has 0 unspecified atom stereocenters. The Morgan fingerprint density at radius 3 is 1.09 bits per heavy atom. The molecule has 0 saturated carbocycles. The average molecular weight is 757 g/mol. The van der Waals surface area contributed by atoms with Gasteiger partial charge in [0, 0.05) is 57.8 Å². The van der Waals surface area contributed by atoms with Crippen LogP contribution in [-0.4, -0.2) is 0 Å². The monoisotopic (exact) mass is 756 g/mol.